The summed E-state index contributed by atoms with van der Waals surface area (Å²) in [6, 6.07) is 7.17. The molecule has 1 aromatic heterocycles. The Hall–Kier alpha value is -1.60. The molecule has 0 aliphatic carbocycles. The minimum Gasteiger partial charge on any atom is -0.389 e. The molecule has 0 aliphatic heterocycles. The first-order valence-electron chi connectivity index (χ1n) is 5.65. The van der Waals surface area contributed by atoms with Gasteiger partial charge in [0.15, 0.2) is 0 Å². The van der Waals surface area contributed by atoms with Gasteiger partial charge in [-0.1, -0.05) is 18.3 Å². The highest BCUT2D eigenvalue weighted by atomic mass is 32.1. The molecule has 1 aromatic carbocycles. The number of nitrogens with two attached hydrogens (primary N) is 1. The first-order valence-corrected chi connectivity index (χ1v) is 6.94. The van der Waals surface area contributed by atoms with Gasteiger partial charge in [-0.25, -0.2) is 0 Å². The average molecular weight is 316 g/mol. The monoisotopic (exact) mass is 316 g/mol. The van der Waals surface area contributed by atoms with Crippen LogP contribution in [0.3, 0.4) is 0 Å². The molecule has 20 heavy (non-hydrogen) atoms. The molecule has 0 unspecified atom stereocenters. The summed E-state index contributed by atoms with van der Waals surface area (Å²) in [5, 5.41) is 4.98. The largest absolute Gasteiger partial charge is 0.416 e. The second-order valence-electron chi connectivity index (χ2n) is 4.06. The fourth-order valence-electron chi connectivity index (χ4n) is 1.67. The predicted molar refractivity (Wildman–Crippen MR) is 79.0 cm³/mol. The van der Waals surface area contributed by atoms with Gasteiger partial charge in [0.1, 0.15) is 4.99 Å². The number of nitrogens with one attached hydrogen (secondary N) is 1. The lowest BCUT2D eigenvalue weighted by Crippen LogP contribution is -2.15. The summed E-state index contributed by atoms with van der Waals surface area (Å²) in [6.45, 7) is 0.513. The first kappa shape index (κ1) is 14.8. The van der Waals surface area contributed by atoms with Crippen LogP contribution in [-0.4, -0.2) is 4.99 Å². The Morgan fingerprint density at radius 3 is 2.60 bits per heavy atom. The lowest BCUT2D eigenvalue weighted by atomic mass is 10.1. The molecule has 0 radical (unpaired) electrons. The molecule has 0 spiro atoms. The number of hydrogen-bond donors (Lipinski definition) is 2. The van der Waals surface area contributed by atoms with Crippen molar-refractivity contribution in [2.45, 2.75) is 12.7 Å². The van der Waals surface area contributed by atoms with E-state index in [0.29, 0.717) is 12.2 Å². The van der Waals surface area contributed by atoms with Crippen molar-refractivity contribution in [1.29, 1.82) is 0 Å². The first-order chi connectivity index (χ1) is 9.38. The lowest BCUT2D eigenvalue weighted by molar-refractivity contribution is -0.137. The quantitative estimate of drug-likeness (QED) is 0.837. The Morgan fingerprint density at radius 2 is 2.05 bits per heavy atom. The summed E-state index contributed by atoms with van der Waals surface area (Å²) in [6.07, 6.45) is -4.41. The van der Waals surface area contributed by atoms with Crippen molar-refractivity contribution in [3.63, 3.8) is 0 Å². The molecule has 2 rings (SSSR count). The van der Waals surface area contributed by atoms with E-state index in [4.69, 9.17) is 18.0 Å². The normalized spacial score (nSPS) is 11.3. The minimum atomic E-state index is -4.41. The van der Waals surface area contributed by atoms with Crippen molar-refractivity contribution in [2.24, 2.45) is 5.73 Å². The van der Waals surface area contributed by atoms with Crippen LogP contribution in [-0.2, 0) is 12.7 Å². The fourth-order valence-corrected chi connectivity index (χ4v) is 2.49. The van der Waals surface area contributed by atoms with E-state index in [1.54, 1.807) is 11.3 Å². The molecule has 2 aromatic rings. The predicted octanol–water partition coefficient (Wildman–Crippen LogP) is 4.01. The Balaban J connectivity index is 2.26. The third-order valence-corrected chi connectivity index (χ3v) is 3.74. The molecule has 0 atom stereocenters. The highest BCUT2D eigenvalue weighted by molar-refractivity contribution is 7.80. The molecule has 0 amide bonds. The zero-order chi connectivity index (χ0) is 14.8. The van der Waals surface area contributed by atoms with E-state index >= 15 is 0 Å². The third-order valence-electron chi connectivity index (χ3n) is 2.65. The van der Waals surface area contributed by atoms with Crippen LogP contribution in [0.5, 0.6) is 0 Å². The third kappa shape index (κ3) is 3.49. The second-order valence-corrected chi connectivity index (χ2v) is 5.53. The summed E-state index contributed by atoms with van der Waals surface area (Å²) in [5.41, 5.74) is 5.44. The number of alkyl halides is 3. The molecule has 0 saturated heterocycles. The number of anilines is 1. The second kappa shape index (κ2) is 5.80. The van der Waals surface area contributed by atoms with Gasteiger partial charge in [0.25, 0.3) is 0 Å². The van der Waals surface area contributed by atoms with E-state index in [1.165, 1.54) is 6.07 Å². The molecule has 2 nitrogen and oxygen atoms in total. The molecule has 0 aliphatic rings. The highest BCUT2D eigenvalue weighted by Gasteiger charge is 2.31. The summed E-state index contributed by atoms with van der Waals surface area (Å²) in [4.78, 5) is 1.00. The molecule has 1 heterocycles. The zero-order valence-corrected chi connectivity index (χ0v) is 11.8. The van der Waals surface area contributed by atoms with Gasteiger partial charge in [-0.3, -0.25) is 0 Å². The molecule has 3 N–H and O–H groups in total. The number of halogens is 3. The topological polar surface area (TPSA) is 38.0 Å². The van der Waals surface area contributed by atoms with Crippen molar-refractivity contribution in [2.75, 3.05) is 5.32 Å². The van der Waals surface area contributed by atoms with E-state index in [-0.39, 0.29) is 10.6 Å². The van der Waals surface area contributed by atoms with E-state index in [0.717, 1.165) is 17.0 Å². The zero-order valence-electron chi connectivity index (χ0n) is 10.2. The molecule has 0 saturated carbocycles. The van der Waals surface area contributed by atoms with Crippen molar-refractivity contribution in [3.05, 3.63) is 51.7 Å². The molecular formula is C13H11F3N2S2. The van der Waals surface area contributed by atoms with Crippen molar-refractivity contribution < 1.29 is 13.2 Å². The van der Waals surface area contributed by atoms with Gasteiger partial charge in [0, 0.05) is 22.7 Å². The van der Waals surface area contributed by atoms with E-state index in [1.807, 2.05) is 17.5 Å². The lowest BCUT2D eigenvalue weighted by Gasteiger charge is -2.14. The van der Waals surface area contributed by atoms with Crippen LogP contribution in [0.1, 0.15) is 16.0 Å². The van der Waals surface area contributed by atoms with Gasteiger partial charge < -0.3 is 11.1 Å². The van der Waals surface area contributed by atoms with Crippen LogP contribution in [0.4, 0.5) is 18.9 Å². The Bertz CT molecular complexity index is 607. The molecule has 106 valence electrons. The van der Waals surface area contributed by atoms with Gasteiger partial charge in [-0.15, -0.1) is 11.3 Å². The van der Waals surface area contributed by atoms with Crippen LogP contribution in [0, 0.1) is 0 Å². The van der Waals surface area contributed by atoms with E-state index < -0.39 is 11.7 Å². The van der Waals surface area contributed by atoms with Crippen LogP contribution in [0.2, 0.25) is 0 Å². The smallest absolute Gasteiger partial charge is 0.389 e. The van der Waals surface area contributed by atoms with Gasteiger partial charge in [-0.2, -0.15) is 13.2 Å². The highest BCUT2D eigenvalue weighted by Crippen LogP contribution is 2.32. The molecule has 0 fully saturated rings. The summed E-state index contributed by atoms with van der Waals surface area (Å²) in [5.74, 6) is 0. The van der Waals surface area contributed by atoms with Crippen LogP contribution in [0.25, 0.3) is 0 Å². The van der Waals surface area contributed by atoms with Gasteiger partial charge in [-0.05, 0) is 29.6 Å². The molecule has 7 heteroatoms. The maximum Gasteiger partial charge on any atom is 0.416 e. The number of hydrogen-bond acceptors (Lipinski definition) is 3. The summed E-state index contributed by atoms with van der Waals surface area (Å²) in [7, 11) is 0. The molecule has 0 bridgehead atoms. The number of thiocarbonyl (C=S) groups is 1. The molecular weight excluding hydrogens is 305 g/mol. The summed E-state index contributed by atoms with van der Waals surface area (Å²) >= 11 is 6.38. The maximum absolute atomic E-state index is 12.7. The Morgan fingerprint density at radius 1 is 1.30 bits per heavy atom. The SMILES string of the molecule is NC(=S)c1cc(C(F)(F)F)ccc1NCc1cccs1. The standard InChI is InChI=1S/C13H11F3N2S2/c14-13(15,16)8-3-4-11(10(6-8)12(17)19)18-7-9-2-1-5-20-9/h1-6,18H,7H2,(H2,17,19). The van der Waals surface area contributed by atoms with Gasteiger partial charge in [0.2, 0.25) is 0 Å². The fraction of sp³-hybridized carbons (Fsp3) is 0.154. The average Bonchev–Trinajstić information content (AvgIpc) is 2.88. The van der Waals surface area contributed by atoms with Crippen molar-refractivity contribution >= 4 is 34.2 Å². The van der Waals surface area contributed by atoms with Crippen molar-refractivity contribution in [3.8, 4) is 0 Å². The van der Waals surface area contributed by atoms with Crippen LogP contribution < -0.4 is 11.1 Å². The Kier molecular flexibility index (Phi) is 4.29. The Labute approximate surface area is 123 Å². The van der Waals surface area contributed by atoms with Gasteiger partial charge in [0.05, 0.1) is 5.56 Å². The number of thiophene rings is 1. The van der Waals surface area contributed by atoms with Gasteiger partial charge >= 0.3 is 6.18 Å². The number of benzene rings is 1. The maximum atomic E-state index is 12.7. The van der Waals surface area contributed by atoms with Crippen LogP contribution in [0.15, 0.2) is 35.7 Å². The summed E-state index contributed by atoms with van der Waals surface area (Å²) < 4.78 is 38.0. The van der Waals surface area contributed by atoms with Crippen LogP contribution >= 0.6 is 23.6 Å². The van der Waals surface area contributed by atoms with E-state index in [9.17, 15) is 13.2 Å². The number of rotatable bonds is 4. The minimum absolute atomic E-state index is 0.0650. The van der Waals surface area contributed by atoms with Crippen molar-refractivity contribution in [1.82, 2.24) is 0 Å². The van der Waals surface area contributed by atoms with E-state index in [2.05, 4.69) is 5.32 Å².